The molecule has 0 amide bonds. The van der Waals surface area contributed by atoms with Gasteiger partial charge in [-0.15, -0.1) is 0 Å². The highest BCUT2D eigenvalue weighted by molar-refractivity contribution is 5.31. The van der Waals surface area contributed by atoms with E-state index in [4.69, 9.17) is 5.84 Å². The Bertz CT molecular complexity index is 303. The van der Waals surface area contributed by atoms with Crippen LogP contribution in [0.15, 0.2) is 24.3 Å². The van der Waals surface area contributed by atoms with Crippen molar-refractivity contribution in [3.8, 4) is 0 Å². The molecule has 2 rings (SSSR count). The Morgan fingerprint density at radius 1 is 1.29 bits per heavy atom. The third-order valence-corrected chi connectivity index (χ3v) is 3.04. The lowest BCUT2D eigenvalue weighted by Crippen LogP contribution is -2.25. The van der Waals surface area contributed by atoms with E-state index < -0.39 is 0 Å². The molecule has 2 unspecified atom stereocenters. The van der Waals surface area contributed by atoms with Crippen LogP contribution in [-0.2, 0) is 0 Å². The number of benzene rings is 1. The van der Waals surface area contributed by atoms with Crippen LogP contribution in [-0.4, -0.2) is 6.04 Å². The minimum atomic E-state index is 0.500. The first kappa shape index (κ1) is 9.69. The van der Waals surface area contributed by atoms with Crippen LogP contribution in [0.25, 0.3) is 0 Å². The highest BCUT2D eigenvalue weighted by atomic mass is 15.3. The standard InChI is InChI=1S/C12H18N2/c1-8(2)9-3-5-10(6-4-9)11-7-12(11)14-13/h3-6,8,11-12,14H,7,13H2,1-2H3. The van der Waals surface area contributed by atoms with Crippen LogP contribution in [0.5, 0.6) is 0 Å². The summed E-state index contributed by atoms with van der Waals surface area (Å²) in [5.74, 6) is 6.65. The maximum absolute atomic E-state index is 5.39. The topological polar surface area (TPSA) is 38.0 Å². The van der Waals surface area contributed by atoms with Gasteiger partial charge in [-0.1, -0.05) is 38.1 Å². The molecule has 1 aliphatic rings. The van der Waals surface area contributed by atoms with Crippen molar-refractivity contribution < 1.29 is 0 Å². The molecule has 2 heteroatoms. The molecule has 14 heavy (non-hydrogen) atoms. The molecule has 1 saturated carbocycles. The van der Waals surface area contributed by atoms with E-state index in [0.29, 0.717) is 17.9 Å². The molecule has 0 aromatic heterocycles. The summed E-state index contributed by atoms with van der Waals surface area (Å²) in [7, 11) is 0. The van der Waals surface area contributed by atoms with Gasteiger partial charge in [0.1, 0.15) is 0 Å². The Kier molecular flexibility index (Phi) is 2.57. The molecule has 0 spiro atoms. The lowest BCUT2D eigenvalue weighted by atomic mass is 10.0. The fourth-order valence-electron chi connectivity index (χ4n) is 1.88. The Labute approximate surface area is 85.5 Å². The smallest absolute Gasteiger partial charge is 0.0286 e. The zero-order valence-corrected chi connectivity index (χ0v) is 8.83. The number of hydrogen-bond donors (Lipinski definition) is 2. The van der Waals surface area contributed by atoms with E-state index in [1.165, 1.54) is 17.5 Å². The maximum atomic E-state index is 5.39. The summed E-state index contributed by atoms with van der Waals surface area (Å²) >= 11 is 0. The molecule has 1 fully saturated rings. The summed E-state index contributed by atoms with van der Waals surface area (Å²) in [6.07, 6.45) is 1.18. The second-order valence-corrected chi connectivity index (χ2v) is 4.44. The summed E-state index contributed by atoms with van der Waals surface area (Å²) in [6.45, 7) is 4.44. The molecule has 1 aromatic carbocycles. The van der Waals surface area contributed by atoms with Crippen molar-refractivity contribution in [3.63, 3.8) is 0 Å². The van der Waals surface area contributed by atoms with Crippen LogP contribution in [0, 0.1) is 0 Å². The first-order valence-corrected chi connectivity index (χ1v) is 5.28. The zero-order valence-electron chi connectivity index (χ0n) is 8.83. The Morgan fingerprint density at radius 2 is 1.93 bits per heavy atom. The fourth-order valence-corrected chi connectivity index (χ4v) is 1.88. The number of nitrogens with one attached hydrogen (secondary N) is 1. The Balaban J connectivity index is 2.08. The van der Waals surface area contributed by atoms with Gasteiger partial charge in [0.05, 0.1) is 0 Å². The van der Waals surface area contributed by atoms with Crippen LogP contribution < -0.4 is 11.3 Å². The molecular formula is C12H18N2. The zero-order chi connectivity index (χ0) is 10.1. The monoisotopic (exact) mass is 190 g/mol. The highest BCUT2D eigenvalue weighted by Crippen LogP contribution is 2.40. The number of nitrogens with two attached hydrogens (primary N) is 1. The molecule has 2 atom stereocenters. The van der Waals surface area contributed by atoms with Crippen LogP contribution in [0.2, 0.25) is 0 Å². The molecule has 1 aliphatic carbocycles. The molecule has 0 saturated heterocycles. The SMILES string of the molecule is CC(C)c1ccc(C2CC2NN)cc1. The average Bonchev–Trinajstić information content (AvgIpc) is 2.97. The van der Waals surface area contributed by atoms with Crippen LogP contribution in [0.1, 0.15) is 43.2 Å². The van der Waals surface area contributed by atoms with Gasteiger partial charge in [-0.3, -0.25) is 11.3 Å². The number of hydrogen-bond acceptors (Lipinski definition) is 2. The van der Waals surface area contributed by atoms with Crippen molar-refractivity contribution in [2.45, 2.75) is 38.1 Å². The van der Waals surface area contributed by atoms with E-state index in [9.17, 15) is 0 Å². The largest absolute Gasteiger partial charge is 0.271 e. The van der Waals surface area contributed by atoms with Gasteiger partial charge in [0.2, 0.25) is 0 Å². The van der Waals surface area contributed by atoms with Gasteiger partial charge in [-0.2, -0.15) is 0 Å². The second-order valence-electron chi connectivity index (χ2n) is 4.44. The van der Waals surface area contributed by atoms with Crippen molar-refractivity contribution in [2.75, 3.05) is 0 Å². The number of rotatable bonds is 3. The first-order valence-electron chi connectivity index (χ1n) is 5.28. The van der Waals surface area contributed by atoms with Crippen LogP contribution in [0.3, 0.4) is 0 Å². The van der Waals surface area contributed by atoms with Gasteiger partial charge in [0.25, 0.3) is 0 Å². The Morgan fingerprint density at radius 3 is 2.36 bits per heavy atom. The molecule has 0 radical (unpaired) electrons. The van der Waals surface area contributed by atoms with E-state index >= 15 is 0 Å². The minimum Gasteiger partial charge on any atom is -0.271 e. The van der Waals surface area contributed by atoms with Gasteiger partial charge in [0.15, 0.2) is 0 Å². The summed E-state index contributed by atoms with van der Waals surface area (Å²) in [5.41, 5.74) is 5.65. The van der Waals surface area contributed by atoms with E-state index in [-0.39, 0.29) is 0 Å². The lowest BCUT2D eigenvalue weighted by molar-refractivity contribution is 0.715. The predicted molar refractivity (Wildman–Crippen MR) is 59.0 cm³/mol. The maximum Gasteiger partial charge on any atom is 0.0286 e. The highest BCUT2D eigenvalue weighted by Gasteiger charge is 2.37. The van der Waals surface area contributed by atoms with Gasteiger partial charge in [-0.05, 0) is 23.5 Å². The summed E-state index contributed by atoms with van der Waals surface area (Å²) < 4.78 is 0. The Hall–Kier alpha value is -0.860. The van der Waals surface area contributed by atoms with Crippen molar-refractivity contribution >= 4 is 0 Å². The van der Waals surface area contributed by atoms with E-state index in [1.807, 2.05) is 0 Å². The summed E-state index contributed by atoms with van der Waals surface area (Å²) in [5, 5.41) is 0. The summed E-state index contributed by atoms with van der Waals surface area (Å²) in [4.78, 5) is 0. The van der Waals surface area contributed by atoms with E-state index in [2.05, 4.69) is 43.5 Å². The van der Waals surface area contributed by atoms with E-state index in [0.717, 1.165) is 0 Å². The fraction of sp³-hybridized carbons (Fsp3) is 0.500. The quantitative estimate of drug-likeness (QED) is 0.566. The van der Waals surface area contributed by atoms with Crippen LogP contribution in [0.4, 0.5) is 0 Å². The molecular weight excluding hydrogens is 172 g/mol. The first-order chi connectivity index (χ1) is 6.72. The molecule has 3 N–H and O–H groups in total. The third kappa shape index (κ3) is 1.81. The van der Waals surface area contributed by atoms with Crippen LogP contribution >= 0.6 is 0 Å². The average molecular weight is 190 g/mol. The van der Waals surface area contributed by atoms with Gasteiger partial charge < -0.3 is 0 Å². The van der Waals surface area contributed by atoms with Crippen molar-refractivity contribution in [2.24, 2.45) is 5.84 Å². The molecule has 76 valence electrons. The van der Waals surface area contributed by atoms with Gasteiger partial charge in [-0.25, -0.2) is 0 Å². The van der Waals surface area contributed by atoms with Gasteiger partial charge in [0, 0.05) is 12.0 Å². The molecule has 0 bridgehead atoms. The predicted octanol–water partition coefficient (Wildman–Crippen LogP) is 2.13. The minimum absolute atomic E-state index is 0.500. The van der Waals surface area contributed by atoms with Crippen molar-refractivity contribution in [1.29, 1.82) is 0 Å². The van der Waals surface area contributed by atoms with E-state index in [1.54, 1.807) is 0 Å². The van der Waals surface area contributed by atoms with Crippen molar-refractivity contribution in [1.82, 2.24) is 5.43 Å². The molecule has 0 aliphatic heterocycles. The van der Waals surface area contributed by atoms with Crippen molar-refractivity contribution in [3.05, 3.63) is 35.4 Å². The molecule has 0 heterocycles. The summed E-state index contributed by atoms with van der Waals surface area (Å²) in [6, 6.07) is 9.42. The lowest BCUT2D eigenvalue weighted by Gasteiger charge is -2.06. The second kappa shape index (κ2) is 3.71. The number of hydrazine groups is 1. The third-order valence-electron chi connectivity index (χ3n) is 3.04. The molecule has 1 aromatic rings. The van der Waals surface area contributed by atoms with Gasteiger partial charge >= 0.3 is 0 Å². The molecule has 2 nitrogen and oxygen atoms in total. The normalized spacial score (nSPS) is 25.4.